The summed E-state index contributed by atoms with van der Waals surface area (Å²) >= 11 is 1.83. The Kier molecular flexibility index (Phi) is 5.54. The molecule has 0 aliphatic carbocycles. The van der Waals surface area contributed by atoms with Crippen LogP contribution in [0, 0.1) is 0 Å². The molecule has 0 fully saturated rings. The zero-order valence-electron chi connectivity index (χ0n) is 26.1. The standard InChI is InChI=1S/C43H25N5S/c1-2-13-26(14-3-1)40-44-41(33-25-27-15-4-5-16-28(27)29-17-6-7-18-30(29)33)46-43(45-40)48-34-21-9-8-19-31(34)38-32-20-12-24-37-39(32)47(42(38)48)35-22-10-11-23-36(35)49-37/h1-25H. The maximum absolute atomic E-state index is 5.39. The number of nitrogens with zero attached hydrogens (tertiary/aromatic N) is 5. The van der Waals surface area contributed by atoms with Gasteiger partial charge in [-0.1, -0.05) is 133 Å². The minimum Gasteiger partial charge on any atom is -0.293 e. The number of hydrogen-bond acceptors (Lipinski definition) is 4. The van der Waals surface area contributed by atoms with E-state index in [0.29, 0.717) is 17.6 Å². The van der Waals surface area contributed by atoms with Crippen LogP contribution in [0.3, 0.4) is 0 Å². The Hall–Kier alpha value is -6.24. The molecular weight excluding hydrogens is 619 g/mol. The summed E-state index contributed by atoms with van der Waals surface area (Å²) in [6, 6.07) is 53.5. The van der Waals surface area contributed by atoms with Crippen LogP contribution in [0.2, 0.25) is 0 Å². The van der Waals surface area contributed by atoms with Crippen molar-refractivity contribution in [3.63, 3.8) is 0 Å². The smallest absolute Gasteiger partial charge is 0.239 e. The molecule has 6 heteroatoms. The molecule has 0 amide bonds. The molecule has 5 nitrogen and oxygen atoms in total. The maximum atomic E-state index is 5.39. The van der Waals surface area contributed by atoms with Crippen LogP contribution < -0.4 is 0 Å². The molecule has 0 N–H and O–H groups in total. The topological polar surface area (TPSA) is 48.5 Å². The first-order chi connectivity index (χ1) is 24.3. The molecule has 1 aliphatic heterocycles. The summed E-state index contributed by atoms with van der Waals surface area (Å²) in [6.07, 6.45) is 0. The Balaban J connectivity index is 1.31. The van der Waals surface area contributed by atoms with Crippen LogP contribution in [0.25, 0.3) is 88.8 Å². The molecular formula is C43H25N5S. The Morgan fingerprint density at radius 2 is 1.14 bits per heavy atom. The molecule has 0 spiro atoms. The third kappa shape index (κ3) is 3.80. The third-order valence-electron chi connectivity index (χ3n) is 9.74. The van der Waals surface area contributed by atoms with Crippen molar-refractivity contribution in [2.45, 2.75) is 9.79 Å². The van der Waals surface area contributed by atoms with Gasteiger partial charge in [-0.25, -0.2) is 4.98 Å². The second kappa shape index (κ2) is 10.1. The molecule has 0 unspecified atom stereocenters. The Morgan fingerprint density at radius 3 is 2.04 bits per heavy atom. The van der Waals surface area contributed by atoms with E-state index in [9.17, 15) is 0 Å². The van der Waals surface area contributed by atoms with E-state index < -0.39 is 0 Å². The second-order valence-electron chi connectivity index (χ2n) is 12.4. The molecule has 0 saturated carbocycles. The van der Waals surface area contributed by atoms with Gasteiger partial charge in [-0.15, -0.1) is 0 Å². The lowest BCUT2D eigenvalue weighted by Crippen LogP contribution is -2.10. The van der Waals surface area contributed by atoms with Gasteiger partial charge in [0, 0.05) is 37.1 Å². The predicted octanol–water partition coefficient (Wildman–Crippen LogP) is 11.0. The van der Waals surface area contributed by atoms with Gasteiger partial charge in [-0.2, -0.15) is 9.97 Å². The van der Waals surface area contributed by atoms with Crippen LogP contribution in [0.1, 0.15) is 0 Å². The lowest BCUT2D eigenvalue weighted by atomic mass is 9.97. The van der Waals surface area contributed by atoms with E-state index in [4.69, 9.17) is 15.0 Å². The fraction of sp³-hybridized carbons (Fsp3) is 0. The van der Waals surface area contributed by atoms with Crippen molar-refractivity contribution in [1.82, 2.24) is 24.1 Å². The van der Waals surface area contributed by atoms with Crippen LogP contribution >= 0.6 is 11.8 Å². The molecule has 7 aromatic carbocycles. The number of para-hydroxylation sites is 3. The van der Waals surface area contributed by atoms with Crippen LogP contribution in [0.15, 0.2) is 161 Å². The van der Waals surface area contributed by atoms with Gasteiger partial charge >= 0.3 is 0 Å². The minimum atomic E-state index is 0.587. The molecule has 0 radical (unpaired) electrons. The highest BCUT2D eigenvalue weighted by atomic mass is 32.2. The van der Waals surface area contributed by atoms with Crippen molar-refractivity contribution in [1.29, 1.82) is 0 Å². The zero-order chi connectivity index (χ0) is 32.1. The lowest BCUT2D eigenvalue weighted by Gasteiger charge is -2.20. The number of benzene rings is 7. The van der Waals surface area contributed by atoms with Crippen LogP contribution in [-0.2, 0) is 0 Å². The normalized spacial score (nSPS) is 12.4. The highest BCUT2D eigenvalue weighted by molar-refractivity contribution is 7.99. The van der Waals surface area contributed by atoms with Crippen LogP contribution in [-0.4, -0.2) is 24.1 Å². The molecule has 1 aliphatic rings. The van der Waals surface area contributed by atoms with Crippen molar-refractivity contribution >= 4 is 66.1 Å². The monoisotopic (exact) mass is 643 g/mol. The number of fused-ring (bicyclic) bond motifs is 10. The van der Waals surface area contributed by atoms with Gasteiger partial charge in [0.25, 0.3) is 0 Å². The average Bonchev–Trinajstić information content (AvgIpc) is 3.69. The van der Waals surface area contributed by atoms with Crippen molar-refractivity contribution in [3.8, 4) is 34.4 Å². The van der Waals surface area contributed by atoms with Gasteiger partial charge < -0.3 is 0 Å². The number of aromatic nitrogens is 5. The van der Waals surface area contributed by atoms with E-state index in [-0.39, 0.29) is 0 Å². The highest BCUT2D eigenvalue weighted by Gasteiger charge is 2.29. The van der Waals surface area contributed by atoms with E-state index in [1.807, 2.05) is 30.0 Å². The van der Waals surface area contributed by atoms with E-state index >= 15 is 0 Å². The molecule has 0 bridgehead atoms. The number of rotatable bonds is 3. The van der Waals surface area contributed by atoms with Gasteiger partial charge in [0.2, 0.25) is 5.95 Å². The SMILES string of the molecule is c1ccc(-c2nc(-c3cc4ccccc4c4ccccc34)nc(-n3c4ccccc4c4c5cccc6c5n(c43)-c3ccccc3S6)n2)cc1. The maximum Gasteiger partial charge on any atom is 0.239 e. The quantitative estimate of drug-likeness (QED) is 0.180. The first-order valence-electron chi connectivity index (χ1n) is 16.4. The van der Waals surface area contributed by atoms with E-state index in [1.54, 1.807) is 0 Å². The average molecular weight is 644 g/mol. The van der Waals surface area contributed by atoms with Crippen molar-refractivity contribution in [3.05, 3.63) is 152 Å². The van der Waals surface area contributed by atoms with E-state index in [1.165, 1.54) is 42.2 Å². The van der Waals surface area contributed by atoms with Crippen LogP contribution in [0.4, 0.5) is 0 Å². The summed E-state index contributed by atoms with van der Waals surface area (Å²) in [5, 5.41) is 8.24. The highest BCUT2D eigenvalue weighted by Crippen LogP contribution is 2.49. The van der Waals surface area contributed by atoms with Crippen molar-refractivity contribution in [2.75, 3.05) is 0 Å². The number of hydrogen-bond donors (Lipinski definition) is 0. The van der Waals surface area contributed by atoms with Gasteiger partial charge in [0.05, 0.1) is 16.7 Å². The van der Waals surface area contributed by atoms with E-state index in [2.05, 4.69) is 143 Å². The fourth-order valence-corrected chi connectivity index (χ4v) is 8.76. The molecule has 228 valence electrons. The Labute approximate surface area is 285 Å². The predicted molar refractivity (Wildman–Crippen MR) is 201 cm³/mol. The van der Waals surface area contributed by atoms with Gasteiger partial charge in [-0.3, -0.25) is 9.13 Å². The first kappa shape index (κ1) is 26.8. The molecule has 4 heterocycles. The largest absolute Gasteiger partial charge is 0.293 e. The van der Waals surface area contributed by atoms with Crippen molar-refractivity contribution in [2.24, 2.45) is 0 Å². The van der Waals surface area contributed by atoms with Gasteiger partial charge in [-0.05, 0) is 51.9 Å². The fourth-order valence-electron chi connectivity index (χ4n) is 7.67. The molecule has 49 heavy (non-hydrogen) atoms. The summed E-state index contributed by atoms with van der Waals surface area (Å²) in [5.41, 5.74) is 6.40. The minimum absolute atomic E-state index is 0.587. The summed E-state index contributed by atoms with van der Waals surface area (Å²) in [7, 11) is 0. The molecule has 0 saturated heterocycles. The van der Waals surface area contributed by atoms with Crippen molar-refractivity contribution < 1.29 is 0 Å². The molecule has 0 atom stereocenters. The second-order valence-corrected chi connectivity index (χ2v) is 13.5. The van der Waals surface area contributed by atoms with Gasteiger partial charge in [0.1, 0.15) is 5.65 Å². The zero-order valence-corrected chi connectivity index (χ0v) is 26.9. The molecule has 10 aromatic rings. The summed E-state index contributed by atoms with van der Waals surface area (Å²) < 4.78 is 4.67. The molecule has 3 aromatic heterocycles. The summed E-state index contributed by atoms with van der Waals surface area (Å²) in [5.74, 6) is 1.86. The molecule has 11 rings (SSSR count). The first-order valence-corrected chi connectivity index (χ1v) is 17.2. The van der Waals surface area contributed by atoms with Gasteiger partial charge in [0.15, 0.2) is 11.6 Å². The summed E-state index contributed by atoms with van der Waals surface area (Å²) in [4.78, 5) is 18.3. The Morgan fingerprint density at radius 1 is 0.469 bits per heavy atom. The van der Waals surface area contributed by atoms with E-state index in [0.717, 1.165) is 38.8 Å². The van der Waals surface area contributed by atoms with Crippen LogP contribution in [0.5, 0.6) is 0 Å². The summed E-state index contributed by atoms with van der Waals surface area (Å²) in [6.45, 7) is 0. The lowest BCUT2D eigenvalue weighted by molar-refractivity contribution is 0.927. The third-order valence-corrected chi connectivity index (χ3v) is 10.9. The Bertz CT molecular complexity index is 2980.